The van der Waals surface area contributed by atoms with Gasteiger partial charge in [0.1, 0.15) is 5.03 Å². The molecule has 1 aliphatic rings. The lowest BCUT2D eigenvalue weighted by molar-refractivity contribution is -0.122. The maximum Gasteiger partial charge on any atom is 0.293 e. The maximum atomic E-state index is 12.5. The van der Waals surface area contributed by atoms with Crippen molar-refractivity contribution in [3.63, 3.8) is 0 Å². The Hall–Kier alpha value is -2.29. The molecule has 1 aromatic carbocycles. The van der Waals surface area contributed by atoms with E-state index in [1.165, 1.54) is 11.8 Å². The van der Waals surface area contributed by atoms with Crippen molar-refractivity contribution >= 4 is 58.3 Å². The van der Waals surface area contributed by atoms with Gasteiger partial charge in [0.15, 0.2) is 0 Å². The Bertz CT molecular complexity index is 948. The van der Waals surface area contributed by atoms with Crippen LogP contribution in [-0.4, -0.2) is 46.3 Å². The topological polar surface area (TPSA) is 79.4 Å². The summed E-state index contributed by atoms with van der Waals surface area (Å²) in [5.74, 6) is -0.661. The maximum absolute atomic E-state index is 12.5. The third kappa shape index (κ3) is 4.76. The number of benzene rings is 1. The molecule has 3 rings (SSSR count). The van der Waals surface area contributed by atoms with Crippen molar-refractivity contribution in [1.29, 1.82) is 0 Å². The van der Waals surface area contributed by atoms with Gasteiger partial charge in [-0.05, 0) is 53.9 Å². The van der Waals surface area contributed by atoms with Crippen molar-refractivity contribution in [2.75, 3.05) is 19.3 Å². The highest BCUT2D eigenvalue weighted by atomic mass is 35.5. The predicted molar refractivity (Wildman–Crippen MR) is 112 cm³/mol. The van der Waals surface area contributed by atoms with Crippen molar-refractivity contribution < 1.29 is 14.4 Å². The molecule has 0 saturated carbocycles. The van der Waals surface area contributed by atoms with Crippen LogP contribution in [0.3, 0.4) is 0 Å². The van der Waals surface area contributed by atoms with Gasteiger partial charge >= 0.3 is 0 Å². The van der Waals surface area contributed by atoms with Crippen LogP contribution in [0.5, 0.6) is 0 Å². The minimum absolute atomic E-state index is 0.100. The highest BCUT2D eigenvalue weighted by molar-refractivity contribution is 8.18. The van der Waals surface area contributed by atoms with E-state index in [4.69, 9.17) is 11.6 Å². The van der Waals surface area contributed by atoms with Gasteiger partial charge in [-0.25, -0.2) is 4.98 Å². The molecule has 0 atom stereocenters. The fourth-order valence-electron chi connectivity index (χ4n) is 2.51. The fraction of sp³-hybridized carbons (Fsp3) is 0.158. The molecule has 6 nitrogen and oxygen atoms in total. The Morgan fingerprint density at radius 1 is 1.29 bits per heavy atom. The van der Waals surface area contributed by atoms with E-state index < -0.39 is 0 Å². The van der Waals surface area contributed by atoms with E-state index >= 15 is 0 Å². The predicted octanol–water partition coefficient (Wildman–Crippen LogP) is 3.92. The normalized spacial score (nSPS) is 15.4. The number of pyridine rings is 1. The minimum Gasteiger partial charge on any atom is -0.350 e. The number of nitrogens with zero attached hydrogens (tertiary/aromatic N) is 2. The van der Waals surface area contributed by atoms with Crippen molar-refractivity contribution in [2.24, 2.45) is 0 Å². The number of carbonyl (C=O) groups is 3. The number of carbonyl (C=O) groups excluding carboxylic acids is 3. The highest BCUT2D eigenvalue weighted by Crippen LogP contribution is 2.32. The fourth-order valence-corrected chi connectivity index (χ4v) is 4.04. The van der Waals surface area contributed by atoms with Crippen LogP contribution < -0.4 is 5.32 Å². The molecule has 28 heavy (non-hydrogen) atoms. The van der Waals surface area contributed by atoms with Crippen molar-refractivity contribution in [3.05, 3.63) is 63.6 Å². The molecule has 0 radical (unpaired) electrons. The third-order valence-electron chi connectivity index (χ3n) is 3.87. The number of imide groups is 1. The monoisotopic (exact) mass is 433 g/mol. The summed E-state index contributed by atoms with van der Waals surface area (Å²) < 4.78 is 0. The zero-order chi connectivity index (χ0) is 20.1. The standard InChI is InChI=1S/C19H16ClN3O3S2/c1-27-17-14(3-2-8-22-17)16(24)21-9-10-23-18(25)15(28-19(23)26)11-12-4-6-13(20)7-5-12/h2-8,11H,9-10H2,1H3,(H,21,24). The minimum atomic E-state index is -0.370. The van der Waals surface area contributed by atoms with Gasteiger partial charge in [-0.2, -0.15) is 0 Å². The number of amides is 3. The van der Waals surface area contributed by atoms with Crippen LogP contribution in [0.25, 0.3) is 6.08 Å². The molecule has 0 unspecified atom stereocenters. The number of halogens is 1. The molecule has 1 N–H and O–H groups in total. The van der Waals surface area contributed by atoms with Gasteiger partial charge in [-0.15, -0.1) is 11.8 Å². The van der Waals surface area contributed by atoms with Gasteiger partial charge in [-0.1, -0.05) is 23.7 Å². The van der Waals surface area contributed by atoms with Crippen molar-refractivity contribution in [1.82, 2.24) is 15.2 Å². The molecule has 1 aliphatic heterocycles. The molecule has 9 heteroatoms. The van der Waals surface area contributed by atoms with Crippen LogP contribution in [0.4, 0.5) is 4.79 Å². The summed E-state index contributed by atoms with van der Waals surface area (Å²) in [5.41, 5.74) is 1.25. The zero-order valence-electron chi connectivity index (χ0n) is 14.8. The van der Waals surface area contributed by atoms with Gasteiger partial charge in [0.05, 0.1) is 10.5 Å². The Morgan fingerprint density at radius 3 is 2.75 bits per heavy atom. The first-order chi connectivity index (χ1) is 13.5. The number of nitrogens with one attached hydrogen (secondary N) is 1. The number of rotatable bonds is 6. The molecule has 0 spiro atoms. The second kappa shape index (κ2) is 9.27. The highest BCUT2D eigenvalue weighted by Gasteiger charge is 2.34. The lowest BCUT2D eigenvalue weighted by Gasteiger charge is -2.13. The second-order valence-electron chi connectivity index (χ2n) is 5.70. The Labute approximate surface area is 175 Å². The first kappa shape index (κ1) is 20.4. The Balaban J connectivity index is 1.60. The summed E-state index contributed by atoms with van der Waals surface area (Å²) in [6, 6.07) is 10.3. The molecule has 2 aromatic rings. The van der Waals surface area contributed by atoms with Gasteiger partial charge in [0.2, 0.25) is 0 Å². The Kier molecular flexibility index (Phi) is 6.77. The van der Waals surface area contributed by atoms with E-state index in [0.717, 1.165) is 22.2 Å². The largest absolute Gasteiger partial charge is 0.350 e. The molecule has 0 aliphatic carbocycles. The average Bonchev–Trinajstić information content (AvgIpc) is 2.96. The van der Waals surface area contributed by atoms with Crippen LogP contribution in [0, 0.1) is 0 Å². The number of thioether (sulfide) groups is 2. The zero-order valence-corrected chi connectivity index (χ0v) is 17.2. The van der Waals surface area contributed by atoms with Crippen LogP contribution in [0.15, 0.2) is 52.5 Å². The molecule has 0 bridgehead atoms. The van der Waals surface area contributed by atoms with Gasteiger partial charge in [-0.3, -0.25) is 19.3 Å². The molecule has 1 fully saturated rings. The van der Waals surface area contributed by atoms with E-state index in [-0.39, 0.29) is 30.1 Å². The average molecular weight is 434 g/mol. The first-order valence-electron chi connectivity index (χ1n) is 8.27. The molecule has 1 saturated heterocycles. The van der Waals surface area contributed by atoms with E-state index in [1.54, 1.807) is 48.7 Å². The summed E-state index contributed by atoms with van der Waals surface area (Å²) in [4.78, 5) is 42.6. The van der Waals surface area contributed by atoms with Crippen LogP contribution >= 0.6 is 35.1 Å². The molecule has 1 aromatic heterocycles. The summed E-state index contributed by atoms with van der Waals surface area (Å²) in [7, 11) is 0. The molecular formula is C19H16ClN3O3S2. The van der Waals surface area contributed by atoms with E-state index in [9.17, 15) is 14.4 Å². The molecule has 144 valence electrons. The SMILES string of the molecule is CSc1ncccc1C(=O)NCCN1C(=O)SC(=Cc2ccc(Cl)cc2)C1=O. The molecule has 3 amide bonds. The van der Waals surface area contributed by atoms with Crippen LogP contribution in [0.1, 0.15) is 15.9 Å². The smallest absolute Gasteiger partial charge is 0.293 e. The summed E-state index contributed by atoms with van der Waals surface area (Å²) in [6.45, 7) is 0.261. The Morgan fingerprint density at radius 2 is 2.04 bits per heavy atom. The summed E-state index contributed by atoms with van der Waals surface area (Å²) in [5, 5.41) is 3.59. The van der Waals surface area contributed by atoms with Crippen LogP contribution in [0.2, 0.25) is 5.02 Å². The summed E-state index contributed by atoms with van der Waals surface area (Å²) >= 11 is 8.11. The van der Waals surface area contributed by atoms with Crippen LogP contribution in [-0.2, 0) is 4.79 Å². The first-order valence-corrected chi connectivity index (χ1v) is 10.7. The number of hydrogen-bond acceptors (Lipinski definition) is 6. The van der Waals surface area contributed by atoms with Gasteiger partial charge < -0.3 is 5.32 Å². The number of aromatic nitrogens is 1. The van der Waals surface area contributed by atoms with Crippen molar-refractivity contribution in [2.45, 2.75) is 5.03 Å². The van der Waals surface area contributed by atoms with Crippen molar-refractivity contribution in [3.8, 4) is 0 Å². The quantitative estimate of drug-likeness (QED) is 0.549. The third-order valence-corrected chi connectivity index (χ3v) is 5.74. The number of hydrogen-bond donors (Lipinski definition) is 1. The van der Waals surface area contributed by atoms with E-state index in [2.05, 4.69) is 10.3 Å². The molecule has 2 heterocycles. The van der Waals surface area contributed by atoms with E-state index in [1.807, 2.05) is 6.26 Å². The lowest BCUT2D eigenvalue weighted by atomic mass is 10.2. The second-order valence-corrected chi connectivity index (χ2v) is 7.93. The lowest BCUT2D eigenvalue weighted by Crippen LogP contribution is -2.37. The van der Waals surface area contributed by atoms with E-state index in [0.29, 0.717) is 20.5 Å². The summed E-state index contributed by atoms with van der Waals surface area (Å²) in [6.07, 6.45) is 5.11. The van der Waals surface area contributed by atoms with Gasteiger partial charge in [0.25, 0.3) is 17.1 Å². The van der Waals surface area contributed by atoms with Gasteiger partial charge in [0, 0.05) is 24.3 Å². The molecular weight excluding hydrogens is 418 g/mol.